The highest BCUT2D eigenvalue weighted by Crippen LogP contribution is 2.27. The number of rotatable bonds is 58. The molecule has 0 radical (unpaired) electrons. The third kappa shape index (κ3) is 40.9. The first-order valence-electron chi connectivity index (χ1n) is 49.3. The van der Waals surface area contributed by atoms with Crippen molar-refractivity contribution in [3.8, 4) is 11.5 Å². The highest BCUT2D eigenvalue weighted by atomic mass is 16.4. The van der Waals surface area contributed by atoms with Crippen LogP contribution in [0, 0.1) is 28.6 Å². The molecule has 0 saturated carbocycles. The Bertz CT molecular complexity index is 4850. The molecular weight excluding hydrogens is 1910 g/mol. The molecule has 0 bridgehead atoms. The van der Waals surface area contributed by atoms with Crippen LogP contribution < -0.4 is 92.1 Å². The molecule has 4 saturated heterocycles. The first-order valence-corrected chi connectivity index (χ1v) is 49.3. The maximum absolute atomic E-state index is 15.7. The Kier molecular flexibility index (Phi) is 49.6. The van der Waals surface area contributed by atoms with Gasteiger partial charge in [-0.25, -0.2) is 14.1 Å². The summed E-state index contributed by atoms with van der Waals surface area (Å²) in [5.74, 6) is -23.4. The van der Waals surface area contributed by atoms with E-state index in [0.717, 1.165) is 4.90 Å². The number of benzene rings is 2. The minimum atomic E-state index is -1.97. The number of carboxylic acids is 5. The topological polar surface area (TPSA) is 807 Å². The monoisotopic (exact) mass is 2060 g/mol. The summed E-state index contributed by atoms with van der Waals surface area (Å²) in [6.45, 7) is 5.86. The first kappa shape index (κ1) is 121. The number of primary amides is 1. The van der Waals surface area contributed by atoms with Crippen molar-refractivity contribution in [3.05, 3.63) is 59.7 Å². The van der Waals surface area contributed by atoms with E-state index in [4.69, 9.17) is 33.8 Å². The summed E-state index contributed by atoms with van der Waals surface area (Å²) in [5.41, 5.74) is 23.6. The van der Waals surface area contributed by atoms with E-state index >= 15 is 38.4 Å². The molecule has 52 heteroatoms. The summed E-state index contributed by atoms with van der Waals surface area (Å²) in [7, 11) is 0. The number of likely N-dealkylation sites (tertiary alicyclic amines) is 2. The molecule has 0 aliphatic carbocycles. The number of amides is 15. The lowest BCUT2D eigenvalue weighted by atomic mass is 9.95. The van der Waals surface area contributed by atoms with E-state index in [1.165, 1.54) is 68.1 Å². The van der Waals surface area contributed by atoms with E-state index in [1.807, 2.05) is 0 Å². The van der Waals surface area contributed by atoms with Crippen molar-refractivity contribution in [2.75, 3.05) is 111 Å². The molecule has 146 heavy (non-hydrogen) atoms. The molecule has 0 spiro atoms. The third-order valence-corrected chi connectivity index (χ3v) is 25.7. The van der Waals surface area contributed by atoms with Gasteiger partial charge < -0.3 is 138 Å². The largest absolute Gasteiger partial charge is 0.508 e. The lowest BCUT2D eigenvalue weighted by Gasteiger charge is -2.41. The molecule has 0 unspecified atom stereocenters. The number of quaternary nitrogens is 1. The van der Waals surface area contributed by atoms with Crippen LogP contribution in [0.25, 0.3) is 0 Å². The number of nitrogens with zero attached hydrogens (tertiary/aromatic N) is 6. The van der Waals surface area contributed by atoms with Crippen LogP contribution in [0.2, 0.25) is 0 Å². The second-order valence-corrected chi connectivity index (χ2v) is 38.3. The van der Waals surface area contributed by atoms with E-state index in [1.54, 1.807) is 41.5 Å². The number of guanidine groups is 2. The predicted octanol–water partition coefficient (Wildman–Crippen LogP) is -5.87. The molecule has 2 aromatic rings. The van der Waals surface area contributed by atoms with Crippen molar-refractivity contribution in [1.29, 1.82) is 10.8 Å². The number of phenolic OH excluding ortho intramolecular Hbond substituents is 2. The van der Waals surface area contributed by atoms with Crippen LogP contribution in [0.15, 0.2) is 48.5 Å². The number of phenols is 2. The van der Waals surface area contributed by atoms with Crippen molar-refractivity contribution >= 4 is 130 Å². The van der Waals surface area contributed by atoms with E-state index in [2.05, 4.69) is 69.1 Å². The van der Waals surface area contributed by atoms with Gasteiger partial charge in [0.05, 0.1) is 39.1 Å². The Balaban J connectivity index is 1.27. The number of nitrogens with one attached hydrogen (secondary N) is 15. The second kappa shape index (κ2) is 60.0. The van der Waals surface area contributed by atoms with Gasteiger partial charge in [-0.15, -0.1) is 0 Å². The van der Waals surface area contributed by atoms with E-state index in [9.17, 15) is 93.3 Å². The number of hydrogen-bond donors (Lipinski definition) is 26. The molecule has 14 atom stereocenters. The highest BCUT2D eigenvalue weighted by molar-refractivity contribution is 6.02. The van der Waals surface area contributed by atoms with E-state index < -0.39 is 278 Å². The maximum atomic E-state index is 15.7. The number of nitrogens with two attached hydrogens (primary N) is 4. The predicted molar refractivity (Wildman–Crippen MR) is 524 cm³/mol. The molecule has 15 amide bonds. The molecule has 6 rings (SSSR count). The van der Waals surface area contributed by atoms with Crippen LogP contribution in [0.4, 0.5) is 0 Å². The van der Waals surface area contributed by atoms with Crippen molar-refractivity contribution in [3.63, 3.8) is 0 Å². The zero-order valence-corrected chi connectivity index (χ0v) is 83.5. The minimum absolute atomic E-state index is 0.00257. The van der Waals surface area contributed by atoms with E-state index in [0.29, 0.717) is 11.1 Å². The molecule has 4 aliphatic heterocycles. The van der Waals surface area contributed by atoms with Gasteiger partial charge in [0.15, 0.2) is 18.5 Å². The molecule has 4 fully saturated rings. The standard InChI is InChI=1S/C94H147N25O27/c1-7-55(6)79(89(143)112-69(45-54(4)5)92(146)119(52-78(132)133)42-40-115(50-76(128)129)38-36-114(49-75(126)127)37-39-116(41-43-119)51-77(130)131)113-86(140)67(47-57-21-25-59(121)26-22-57)111-88(142)71-18-13-35-118(71)91(145)64(16-11-33-102-94(99)100)106-80(134)60(15-10-32-101-93(97)98)105-87(141)70-17-12-34-117(70)90(144)63(14-8-9-31-95)107-85(139)68(48-72(96)122)110-82(136)62(28-30-74(124)125)104-84(138)66(46-56-19-23-58(120)24-20-56)109-83(137)65(44-53(2)3)108-81(135)61-27-29-73(123)103-61/h19-26,53-55,60-71,79H,7-18,27-52,95H2,1-6H3,(H27-,96,97,98,99,100,101,102,103,104,105,106,107,108,109,110,111,112,113,120,121,122,123,124,125,126,127,128,129,130,131,132,133,134,135,136,137,138,139,140,141,142,143)/p+1/t55-,60-,61-,62-,63-,64-,65-,66-,67-,68-,69-,70-,71-,79-/m0/s1. The van der Waals surface area contributed by atoms with E-state index in [-0.39, 0.29) is 211 Å². The quantitative estimate of drug-likeness (QED) is 0.0127. The summed E-state index contributed by atoms with van der Waals surface area (Å²) in [5, 5.41) is 121. The number of carbonyl (C=O) groups is 20. The van der Waals surface area contributed by atoms with Gasteiger partial charge in [-0.1, -0.05) is 72.2 Å². The average molecular weight is 2060 g/mol. The Hall–Kier alpha value is -14.0. The minimum Gasteiger partial charge on any atom is -0.508 e. The molecule has 0 aromatic heterocycles. The molecule has 4 aliphatic rings. The fraction of sp³-hybridized carbons (Fsp3) is 0.638. The van der Waals surface area contributed by atoms with Gasteiger partial charge in [0, 0.05) is 91.1 Å². The Morgan fingerprint density at radius 3 is 1.26 bits per heavy atom. The fourth-order valence-electron chi connectivity index (χ4n) is 17.8. The lowest BCUT2D eigenvalue weighted by molar-refractivity contribution is -0.847. The number of hydrogen-bond acceptors (Lipinski definition) is 28. The molecule has 52 nitrogen and oxygen atoms in total. The summed E-state index contributed by atoms with van der Waals surface area (Å²) in [6.07, 6.45) is -2.77. The molecule has 2 aromatic carbocycles. The van der Waals surface area contributed by atoms with Crippen molar-refractivity contribution in [2.45, 2.75) is 255 Å². The summed E-state index contributed by atoms with van der Waals surface area (Å²) in [6, 6.07) is -8.90. The van der Waals surface area contributed by atoms with Gasteiger partial charge >= 0.3 is 35.8 Å². The van der Waals surface area contributed by atoms with Crippen LogP contribution in [0.5, 0.6) is 11.5 Å². The number of carboxylic acid groups (broad SMARTS) is 5. The van der Waals surface area contributed by atoms with Crippen LogP contribution in [-0.4, -0.2) is 385 Å². The Labute approximate surface area is 845 Å². The SMILES string of the molecule is CC[C@H](C)[C@H](NC(=O)[C@H](Cc1ccc(O)cc1)NC(=O)[C@@H]1CCCN1C(=O)[C@H](CCCNC(=N)N)NC(=O)[C@H](CCCNC(=N)N)NC(=O)[C@@H]1CCCN1C(=O)[C@H](CCCCN)NC(=O)[C@H](CC(N)=O)NC(=O)[C@H](CCC(=O)O)NC(=O)[C@H](Cc1ccc(O)cc1)NC(=O)[C@H](CC(C)C)NC(=O)[C@@H]1CCC(=O)N1)C(=O)N[C@@H](CC(C)C)C(=O)[N+]1(CC(=O)O)CCN(CC(=O)O)CCN(CC(=O)O)CCN(CC(=O)O)CC1. The van der Waals surface area contributed by atoms with Crippen molar-refractivity contribution in [2.24, 2.45) is 40.7 Å². The van der Waals surface area contributed by atoms with Crippen LogP contribution in [0.3, 0.4) is 0 Å². The molecule has 30 N–H and O–H groups in total. The van der Waals surface area contributed by atoms with Gasteiger partial charge in [-0.2, -0.15) is 0 Å². The third-order valence-electron chi connectivity index (χ3n) is 25.7. The van der Waals surface area contributed by atoms with Crippen LogP contribution in [0.1, 0.15) is 175 Å². The van der Waals surface area contributed by atoms with Gasteiger partial charge in [0.1, 0.15) is 90.0 Å². The average Bonchev–Trinajstić information content (AvgIpc) is 1.16. The fourth-order valence-corrected chi connectivity index (χ4v) is 17.8. The summed E-state index contributed by atoms with van der Waals surface area (Å²) in [4.78, 5) is 288. The Morgan fingerprint density at radius 2 is 0.829 bits per heavy atom. The van der Waals surface area contributed by atoms with Crippen molar-refractivity contribution < 1.29 is 136 Å². The molecule has 810 valence electrons. The lowest BCUT2D eigenvalue weighted by Crippen LogP contribution is -2.67. The number of unbranched alkanes of at least 4 members (excludes halogenated alkanes) is 1. The second-order valence-electron chi connectivity index (χ2n) is 38.3. The van der Waals surface area contributed by atoms with Gasteiger partial charge in [-0.05, 0) is 156 Å². The zero-order valence-electron chi connectivity index (χ0n) is 83.5. The highest BCUT2D eigenvalue weighted by Gasteiger charge is 2.49. The number of aromatic hydroxyl groups is 2. The molecular formula is C94H148N25O27+. The first-order chi connectivity index (χ1) is 69.0. The van der Waals surface area contributed by atoms with Gasteiger partial charge in [0.25, 0.3) is 0 Å². The normalized spacial score (nSPS) is 18.5. The maximum Gasteiger partial charge on any atom is 0.359 e. The smallest absolute Gasteiger partial charge is 0.359 e. The van der Waals surface area contributed by atoms with Gasteiger partial charge in [-0.3, -0.25) is 112 Å². The van der Waals surface area contributed by atoms with Gasteiger partial charge in [0.2, 0.25) is 82.7 Å². The number of carbonyl (C=O) groups excluding carboxylic acids is 15. The molecule has 4 heterocycles. The number of aliphatic carboxylic acids is 5. The van der Waals surface area contributed by atoms with Crippen LogP contribution in [-0.2, 0) is 109 Å². The Morgan fingerprint density at radius 1 is 0.438 bits per heavy atom. The van der Waals surface area contributed by atoms with Crippen LogP contribution >= 0.6 is 0 Å². The zero-order chi connectivity index (χ0) is 108. The van der Waals surface area contributed by atoms with Crippen molar-refractivity contribution in [1.82, 2.24) is 93.6 Å². The summed E-state index contributed by atoms with van der Waals surface area (Å²) >= 11 is 0. The summed E-state index contributed by atoms with van der Waals surface area (Å²) < 4.78 is -0.957.